The number of halogens is 1. The number of aliphatic hydroxyl groups is 1. The second-order valence-electron chi connectivity index (χ2n) is 4.56. The Hall–Kier alpha value is -0.580. The van der Waals surface area contributed by atoms with E-state index in [1.165, 1.54) is 0 Å². The summed E-state index contributed by atoms with van der Waals surface area (Å²) in [7, 11) is -3.24. The van der Waals surface area contributed by atoms with Gasteiger partial charge in [-0.25, -0.2) is 8.42 Å². The summed E-state index contributed by atoms with van der Waals surface area (Å²) in [5, 5.41) is 9.27. The fourth-order valence-electron chi connectivity index (χ4n) is 1.80. The van der Waals surface area contributed by atoms with Gasteiger partial charge in [0.1, 0.15) is 0 Å². The average molecular weight is 275 g/mol. The number of rotatable bonds is 4. The van der Waals surface area contributed by atoms with E-state index in [4.69, 9.17) is 11.6 Å². The van der Waals surface area contributed by atoms with Gasteiger partial charge in [0, 0.05) is 0 Å². The Morgan fingerprint density at radius 2 is 2.12 bits per heavy atom. The van der Waals surface area contributed by atoms with Crippen molar-refractivity contribution < 1.29 is 13.5 Å². The zero-order chi connectivity index (χ0) is 12.6. The number of hydrogen-bond acceptors (Lipinski definition) is 3. The highest BCUT2D eigenvalue weighted by molar-refractivity contribution is 7.92. The minimum absolute atomic E-state index is 0.219. The van der Waals surface area contributed by atoms with Gasteiger partial charge in [0.2, 0.25) is 0 Å². The first-order valence-electron chi connectivity index (χ1n) is 5.61. The van der Waals surface area contributed by atoms with Crippen molar-refractivity contribution in [1.29, 1.82) is 0 Å². The Labute approximate surface area is 106 Å². The molecule has 2 rings (SSSR count). The van der Waals surface area contributed by atoms with Crippen LogP contribution >= 0.6 is 11.6 Å². The standard InChI is InChI=1S/C12H15ClO3S/c1-8(14)6-9-2-5-12(11(13)7-9)17(15,16)10-3-4-10/h2,5,7-8,10,14H,3-4,6H2,1H3. The third-order valence-corrected chi connectivity index (χ3v) is 5.54. The molecule has 1 atom stereocenters. The molecule has 17 heavy (non-hydrogen) atoms. The van der Waals surface area contributed by atoms with Crippen LogP contribution in [0.3, 0.4) is 0 Å². The van der Waals surface area contributed by atoms with Crippen LogP contribution < -0.4 is 0 Å². The number of sulfone groups is 1. The van der Waals surface area contributed by atoms with Crippen LogP contribution in [-0.2, 0) is 16.3 Å². The molecule has 1 unspecified atom stereocenters. The molecule has 1 aromatic rings. The van der Waals surface area contributed by atoms with E-state index < -0.39 is 15.9 Å². The van der Waals surface area contributed by atoms with Gasteiger partial charge in [0.25, 0.3) is 0 Å². The van der Waals surface area contributed by atoms with Gasteiger partial charge >= 0.3 is 0 Å². The fraction of sp³-hybridized carbons (Fsp3) is 0.500. The first-order valence-corrected chi connectivity index (χ1v) is 7.54. The molecule has 0 heterocycles. The van der Waals surface area contributed by atoms with Crippen LogP contribution in [0, 0.1) is 0 Å². The second-order valence-corrected chi connectivity index (χ2v) is 7.17. The van der Waals surface area contributed by atoms with E-state index in [1.807, 2.05) is 0 Å². The van der Waals surface area contributed by atoms with Crippen LogP contribution in [-0.4, -0.2) is 24.9 Å². The first-order chi connectivity index (χ1) is 7.91. The number of hydrogen-bond donors (Lipinski definition) is 1. The highest BCUT2D eigenvalue weighted by Gasteiger charge is 2.37. The molecule has 1 aliphatic rings. The molecule has 1 aromatic carbocycles. The van der Waals surface area contributed by atoms with Crippen molar-refractivity contribution in [2.45, 2.75) is 42.4 Å². The van der Waals surface area contributed by atoms with Crippen LogP contribution in [0.1, 0.15) is 25.3 Å². The minimum Gasteiger partial charge on any atom is -0.393 e. The topological polar surface area (TPSA) is 54.4 Å². The summed E-state index contributed by atoms with van der Waals surface area (Å²) in [5.41, 5.74) is 0.847. The summed E-state index contributed by atoms with van der Waals surface area (Å²) in [6.45, 7) is 1.68. The van der Waals surface area contributed by atoms with Crippen LogP contribution in [0.2, 0.25) is 5.02 Å². The highest BCUT2D eigenvalue weighted by atomic mass is 35.5. The number of aliphatic hydroxyl groups excluding tert-OH is 1. The molecule has 1 aliphatic carbocycles. The van der Waals surface area contributed by atoms with E-state index >= 15 is 0 Å². The molecule has 3 nitrogen and oxygen atoms in total. The van der Waals surface area contributed by atoms with Crippen molar-refractivity contribution in [3.05, 3.63) is 28.8 Å². The molecule has 1 fully saturated rings. The lowest BCUT2D eigenvalue weighted by atomic mass is 10.1. The SMILES string of the molecule is CC(O)Cc1ccc(S(=O)(=O)C2CC2)c(Cl)c1. The van der Waals surface area contributed by atoms with Crippen LogP contribution in [0.5, 0.6) is 0 Å². The summed E-state index contributed by atoms with van der Waals surface area (Å²) in [5.74, 6) is 0. The van der Waals surface area contributed by atoms with Gasteiger partial charge in [0.15, 0.2) is 9.84 Å². The molecule has 1 N–H and O–H groups in total. The molecule has 0 saturated heterocycles. The Morgan fingerprint density at radius 3 is 2.59 bits per heavy atom. The van der Waals surface area contributed by atoms with Gasteiger partial charge in [-0.1, -0.05) is 17.7 Å². The maximum atomic E-state index is 12.0. The zero-order valence-corrected chi connectivity index (χ0v) is 11.1. The third-order valence-electron chi connectivity index (χ3n) is 2.80. The maximum Gasteiger partial charge on any atom is 0.182 e. The Balaban J connectivity index is 2.31. The van der Waals surface area contributed by atoms with E-state index in [-0.39, 0.29) is 15.2 Å². The monoisotopic (exact) mass is 274 g/mol. The molecule has 1 saturated carbocycles. The second kappa shape index (κ2) is 4.59. The summed E-state index contributed by atoms with van der Waals surface area (Å²) < 4.78 is 24.0. The molecule has 0 amide bonds. The van der Waals surface area contributed by atoms with E-state index in [0.717, 1.165) is 18.4 Å². The van der Waals surface area contributed by atoms with Crippen LogP contribution in [0.4, 0.5) is 0 Å². The summed E-state index contributed by atoms with van der Waals surface area (Å²) in [4.78, 5) is 0.219. The quantitative estimate of drug-likeness (QED) is 0.916. The van der Waals surface area contributed by atoms with Gasteiger partial charge in [-0.3, -0.25) is 0 Å². The van der Waals surface area contributed by atoms with Gasteiger partial charge in [-0.2, -0.15) is 0 Å². The van der Waals surface area contributed by atoms with Crippen LogP contribution in [0.15, 0.2) is 23.1 Å². The largest absolute Gasteiger partial charge is 0.393 e. The van der Waals surface area contributed by atoms with Crippen molar-refractivity contribution in [1.82, 2.24) is 0 Å². The Bertz CT molecular complexity index is 519. The van der Waals surface area contributed by atoms with Crippen molar-refractivity contribution in [2.75, 3.05) is 0 Å². The predicted molar refractivity (Wildman–Crippen MR) is 67.0 cm³/mol. The Morgan fingerprint density at radius 1 is 1.47 bits per heavy atom. The maximum absolute atomic E-state index is 12.0. The molecular formula is C12H15ClO3S. The molecule has 5 heteroatoms. The smallest absolute Gasteiger partial charge is 0.182 e. The molecule has 94 valence electrons. The van der Waals surface area contributed by atoms with Crippen molar-refractivity contribution >= 4 is 21.4 Å². The lowest BCUT2D eigenvalue weighted by Gasteiger charge is -2.09. The van der Waals surface area contributed by atoms with E-state index in [1.54, 1.807) is 25.1 Å². The van der Waals surface area contributed by atoms with Crippen molar-refractivity contribution in [3.63, 3.8) is 0 Å². The third kappa shape index (κ3) is 2.81. The summed E-state index contributed by atoms with van der Waals surface area (Å²) in [6, 6.07) is 4.89. The van der Waals surface area contributed by atoms with Crippen molar-refractivity contribution in [2.24, 2.45) is 0 Å². The summed E-state index contributed by atoms with van der Waals surface area (Å²) in [6.07, 6.45) is 1.48. The van der Waals surface area contributed by atoms with Gasteiger partial charge in [-0.05, 0) is 43.9 Å². The molecule has 0 radical (unpaired) electrons. The molecular weight excluding hydrogens is 260 g/mol. The average Bonchev–Trinajstić information content (AvgIpc) is 2.98. The fourth-order valence-corrected chi connectivity index (χ4v) is 4.03. The van der Waals surface area contributed by atoms with Gasteiger partial charge < -0.3 is 5.11 Å². The Kier molecular flexibility index (Phi) is 3.48. The lowest BCUT2D eigenvalue weighted by molar-refractivity contribution is 0.195. The normalized spacial score (nSPS) is 18.1. The highest BCUT2D eigenvalue weighted by Crippen LogP contribution is 2.36. The van der Waals surface area contributed by atoms with E-state index in [2.05, 4.69) is 0 Å². The van der Waals surface area contributed by atoms with Gasteiger partial charge in [-0.15, -0.1) is 0 Å². The predicted octanol–water partition coefficient (Wildman–Crippen LogP) is 2.20. The van der Waals surface area contributed by atoms with Crippen molar-refractivity contribution in [3.8, 4) is 0 Å². The van der Waals surface area contributed by atoms with E-state index in [9.17, 15) is 13.5 Å². The molecule has 0 aliphatic heterocycles. The van der Waals surface area contributed by atoms with E-state index in [0.29, 0.717) is 6.42 Å². The van der Waals surface area contributed by atoms with Crippen LogP contribution in [0.25, 0.3) is 0 Å². The molecule has 0 bridgehead atoms. The van der Waals surface area contributed by atoms with Gasteiger partial charge in [0.05, 0.1) is 21.3 Å². The number of benzene rings is 1. The lowest BCUT2D eigenvalue weighted by Crippen LogP contribution is -2.09. The summed E-state index contributed by atoms with van der Waals surface area (Å²) >= 11 is 6.01. The molecule has 0 aromatic heterocycles. The molecule has 0 spiro atoms. The minimum atomic E-state index is -3.24. The zero-order valence-electron chi connectivity index (χ0n) is 9.56. The first kappa shape index (κ1) is 12.9.